The van der Waals surface area contributed by atoms with Crippen LogP contribution in [0.3, 0.4) is 0 Å². The van der Waals surface area contributed by atoms with Gasteiger partial charge in [0.25, 0.3) is 0 Å². The molecule has 0 unspecified atom stereocenters. The van der Waals surface area contributed by atoms with Gasteiger partial charge in [0.1, 0.15) is 11.3 Å². The number of nitrogens with zero attached hydrogens (tertiary/aromatic N) is 2. The van der Waals surface area contributed by atoms with Crippen molar-refractivity contribution in [3.05, 3.63) is 36.1 Å². The average Bonchev–Trinajstić information content (AvgIpc) is 3.12. The molecular weight excluding hydrogens is 250 g/mol. The summed E-state index contributed by atoms with van der Waals surface area (Å²) in [6, 6.07) is 10.3. The smallest absolute Gasteiger partial charge is 0.193 e. The van der Waals surface area contributed by atoms with Gasteiger partial charge in [-0.25, -0.2) is 0 Å². The van der Waals surface area contributed by atoms with Crippen LogP contribution >= 0.6 is 0 Å². The molecule has 0 bridgehead atoms. The molecule has 0 spiro atoms. The third-order valence-electron chi connectivity index (χ3n) is 3.75. The standard InChI is InChI=1S/C16H21N3O/c1-17-16(19-10-4-5-11-19)18-9-8-14-12-13-6-2-3-7-15(13)20-14/h2-3,6-7,12H,4-5,8-11H2,1H3,(H,17,18). The van der Waals surface area contributed by atoms with Crippen molar-refractivity contribution in [2.45, 2.75) is 19.3 Å². The fourth-order valence-electron chi connectivity index (χ4n) is 2.72. The van der Waals surface area contributed by atoms with Gasteiger partial charge in [-0.15, -0.1) is 0 Å². The molecule has 2 aromatic rings. The minimum Gasteiger partial charge on any atom is -0.461 e. The van der Waals surface area contributed by atoms with E-state index in [0.717, 1.165) is 43.4 Å². The Morgan fingerprint density at radius 1 is 1.30 bits per heavy atom. The summed E-state index contributed by atoms with van der Waals surface area (Å²) in [4.78, 5) is 6.66. The Balaban J connectivity index is 1.56. The Hall–Kier alpha value is -1.97. The van der Waals surface area contributed by atoms with E-state index in [1.165, 1.54) is 18.2 Å². The molecule has 20 heavy (non-hydrogen) atoms. The summed E-state index contributed by atoms with van der Waals surface area (Å²) < 4.78 is 5.82. The Bertz CT molecular complexity index is 564. The molecule has 0 amide bonds. The predicted octanol–water partition coefficient (Wildman–Crippen LogP) is 2.65. The minimum atomic E-state index is 0.850. The summed E-state index contributed by atoms with van der Waals surface area (Å²) in [5, 5.41) is 4.59. The number of rotatable bonds is 3. The summed E-state index contributed by atoms with van der Waals surface area (Å²) in [7, 11) is 1.85. The highest BCUT2D eigenvalue weighted by Crippen LogP contribution is 2.18. The van der Waals surface area contributed by atoms with Gasteiger partial charge >= 0.3 is 0 Å². The van der Waals surface area contributed by atoms with Gasteiger partial charge in [0.05, 0.1) is 0 Å². The van der Waals surface area contributed by atoms with Crippen LogP contribution in [-0.4, -0.2) is 37.5 Å². The predicted molar refractivity (Wildman–Crippen MR) is 82.1 cm³/mol. The highest BCUT2D eigenvalue weighted by Gasteiger charge is 2.15. The van der Waals surface area contributed by atoms with Crippen LogP contribution in [0.2, 0.25) is 0 Å². The number of likely N-dealkylation sites (tertiary alicyclic amines) is 1. The molecule has 0 saturated carbocycles. The molecule has 1 aromatic heterocycles. The van der Waals surface area contributed by atoms with Crippen molar-refractivity contribution in [2.75, 3.05) is 26.7 Å². The van der Waals surface area contributed by atoms with E-state index < -0.39 is 0 Å². The van der Waals surface area contributed by atoms with Crippen molar-refractivity contribution < 1.29 is 4.42 Å². The maximum atomic E-state index is 5.82. The fraction of sp³-hybridized carbons (Fsp3) is 0.438. The number of guanidine groups is 1. The second-order valence-corrected chi connectivity index (χ2v) is 5.17. The molecular formula is C16H21N3O. The molecule has 1 aliphatic rings. The first-order valence-electron chi connectivity index (χ1n) is 7.30. The Morgan fingerprint density at radius 2 is 2.10 bits per heavy atom. The quantitative estimate of drug-likeness (QED) is 0.689. The SMILES string of the molecule is CN=C(NCCc1cc2ccccc2o1)N1CCCC1. The molecule has 1 fully saturated rings. The van der Waals surface area contributed by atoms with Crippen LogP contribution in [0.1, 0.15) is 18.6 Å². The fourth-order valence-corrected chi connectivity index (χ4v) is 2.72. The first kappa shape index (κ1) is 13.0. The number of para-hydroxylation sites is 1. The molecule has 0 aliphatic carbocycles. The summed E-state index contributed by atoms with van der Waals surface area (Å²) in [5.74, 6) is 2.04. The van der Waals surface area contributed by atoms with Crippen molar-refractivity contribution in [1.82, 2.24) is 10.2 Å². The second-order valence-electron chi connectivity index (χ2n) is 5.17. The topological polar surface area (TPSA) is 40.8 Å². The van der Waals surface area contributed by atoms with E-state index in [2.05, 4.69) is 27.3 Å². The van der Waals surface area contributed by atoms with Crippen molar-refractivity contribution in [2.24, 2.45) is 4.99 Å². The molecule has 1 N–H and O–H groups in total. The molecule has 1 saturated heterocycles. The van der Waals surface area contributed by atoms with Gasteiger partial charge < -0.3 is 14.6 Å². The first-order chi connectivity index (χ1) is 9.86. The Kier molecular flexibility index (Phi) is 3.90. The van der Waals surface area contributed by atoms with E-state index in [-0.39, 0.29) is 0 Å². The molecule has 0 atom stereocenters. The van der Waals surface area contributed by atoms with Gasteiger partial charge in [0.2, 0.25) is 0 Å². The lowest BCUT2D eigenvalue weighted by atomic mass is 10.2. The third-order valence-corrected chi connectivity index (χ3v) is 3.75. The highest BCUT2D eigenvalue weighted by molar-refractivity contribution is 5.80. The summed E-state index contributed by atoms with van der Waals surface area (Å²) in [6.07, 6.45) is 3.41. The molecule has 106 valence electrons. The summed E-state index contributed by atoms with van der Waals surface area (Å²) >= 11 is 0. The summed E-state index contributed by atoms with van der Waals surface area (Å²) in [6.45, 7) is 3.08. The number of hydrogen-bond donors (Lipinski definition) is 1. The van der Waals surface area contributed by atoms with Crippen molar-refractivity contribution in [3.63, 3.8) is 0 Å². The minimum absolute atomic E-state index is 0.850. The number of furan rings is 1. The van der Waals surface area contributed by atoms with Gasteiger partial charge in [-0.3, -0.25) is 4.99 Å². The molecule has 0 radical (unpaired) electrons. The van der Waals surface area contributed by atoms with Crippen LogP contribution in [0.4, 0.5) is 0 Å². The molecule has 1 aromatic carbocycles. The van der Waals surface area contributed by atoms with E-state index in [1.807, 2.05) is 25.2 Å². The van der Waals surface area contributed by atoms with E-state index >= 15 is 0 Å². The van der Waals surface area contributed by atoms with Gasteiger partial charge in [0, 0.05) is 38.5 Å². The van der Waals surface area contributed by atoms with Crippen LogP contribution in [0.5, 0.6) is 0 Å². The monoisotopic (exact) mass is 271 g/mol. The van der Waals surface area contributed by atoms with Crippen LogP contribution in [0.15, 0.2) is 39.7 Å². The lowest BCUT2D eigenvalue weighted by Gasteiger charge is -2.20. The zero-order valence-corrected chi connectivity index (χ0v) is 11.9. The molecule has 1 aliphatic heterocycles. The normalized spacial score (nSPS) is 16.1. The lowest BCUT2D eigenvalue weighted by molar-refractivity contribution is 0.488. The second kappa shape index (κ2) is 5.99. The number of hydrogen-bond acceptors (Lipinski definition) is 2. The number of aliphatic imine (C=N–C) groups is 1. The van der Waals surface area contributed by atoms with Crippen LogP contribution in [0.25, 0.3) is 11.0 Å². The largest absolute Gasteiger partial charge is 0.461 e. The molecule has 2 heterocycles. The number of fused-ring (bicyclic) bond motifs is 1. The molecule has 3 rings (SSSR count). The maximum absolute atomic E-state index is 5.82. The van der Waals surface area contributed by atoms with Crippen LogP contribution < -0.4 is 5.32 Å². The highest BCUT2D eigenvalue weighted by atomic mass is 16.3. The zero-order chi connectivity index (χ0) is 13.8. The summed E-state index contributed by atoms with van der Waals surface area (Å²) in [5.41, 5.74) is 0.964. The Morgan fingerprint density at radius 3 is 2.85 bits per heavy atom. The van der Waals surface area contributed by atoms with Crippen LogP contribution in [-0.2, 0) is 6.42 Å². The van der Waals surface area contributed by atoms with Gasteiger partial charge in [0.15, 0.2) is 5.96 Å². The van der Waals surface area contributed by atoms with Crippen molar-refractivity contribution in [3.8, 4) is 0 Å². The number of nitrogens with one attached hydrogen (secondary N) is 1. The third kappa shape index (κ3) is 2.79. The van der Waals surface area contributed by atoms with Crippen molar-refractivity contribution in [1.29, 1.82) is 0 Å². The van der Waals surface area contributed by atoms with E-state index in [4.69, 9.17) is 4.42 Å². The van der Waals surface area contributed by atoms with Gasteiger partial charge in [-0.1, -0.05) is 18.2 Å². The maximum Gasteiger partial charge on any atom is 0.193 e. The van der Waals surface area contributed by atoms with E-state index in [9.17, 15) is 0 Å². The molecule has 4 heteroatoms. The first-order valence-corrected chi connectivity index (χ1v) is 7.30. The van der Waals surface area contributed by atoms with E-state index in [0.29, 0.717) is 0 Å². The Labute approximate surface area is 119 Å². The zero-order valence-electron chi connectivity index (χ0n) is 11.9. The van der Waals surface area contributed by atoms with Crippen molar-refractivity contribution >= 4 is 16.9 Å². The number of benzene rings is 1. The van der Waals surface area contributed by atoms with Crippen LogP contribution in [0, 0.1) is 0 Å². The van der Waals surface area contributed by atoms with Gasteiger partial charge in [-0.2, -0.15) is 0 Å². The van der Waals surface area contributed by atoms with Gasteiger partial charge in [-0.05, 0) is 25.0 Å². The average molecular weight is 271 g/mol. The molecule has 4 nitrogen and oxygen atoms in total. The lowest BCUT2D eigenvalue weighted by Crippen LogP contribution is -2.40. The van der Waals surface area contributed by atoms with E-state index in [1.54, 1.807) is 0 Å².